The molecule has 3 rings (SSSR count). The lowest BCUT2D eigenvalue weighted by molar-refractivity contribution is -0.339. The molecule has 0 aliphatic carbocycles. The Morgan fingerprint density at radius 1 is 1.27 bits per heavy atom. The molecule has 1 aliphatic heterocycles. The van der Waals surface area contributed by atoms with Crippen LogP contribution < -0.4 is 20.1 Å². The number of anilines is 2. The number of halogens is 5. The average Bonchev–Trinajstić information content (AvgIpc) is 3.11. The van der Waals surface area contributed by atoms with E-state index in [1.54, 1.807) is 0 Å². The number of nitrogens with one attached hydrogen (secondary N) is 1. The third-order valence-electron chi connectivity index (χ3n) is 4.70. The van der Waals surface area contributed by atoms with Crippen molar-refractivity contribution in [1.29, 1.82) is 0 Å². The van der Waals surface area contributed by atoms with Crippen molar-refractivity contribution in [2.45, 2.75) is 30.0 Å². The number of ether oxygens (including phenoxy) is 2. The van der Waals surface area contributed by atoms with Crippen LogP contribution in [0.25, 0.3) is 0 Å². The van der Waals surface area contributed by atoms with E-state index in [-0.39, 0.29) is 11.4 Å². The van der Waals surface area contributed by atoms with Crippen LogP contribution in [-0.4, -0.2) is 51.5 Å². The van der Waals surface area contributed by atoms with Gasteiger partial charge < -0.3 is 15.0 Å². The number of rotatable bonds is 6. The summed E-state index contributed by atoms with van der Waals surface area (Å²) in [5.41, 5.74) is -0.235. The predicted octanol–water partition coefficient (Wildman–Crippen LogP) is 2.14. The minimum atomic E-state index is -5.00. The van der Waals surface area contributed by atoms with E-state index in [9.17, 15) is 35.2 Å². The molecule has 1 aromatic heterocycles. The maximum Gasteiger partial charge on any atom is 0.522 e. The second-order valence-corrected chi connectivity index (χ2v) is 8.43. The molecule has 0 bridgehead atoms. The molecule has 15 heteroatoms. The Morgan fingerprint density at radius 2 is 1.97 bits per heavy atom. The van der Waals surface area contributed by atoms with Crippen molar-refractivity contribution in [3.8, 4) is 5.75 Å². The van der Waals surface area contributed by atoms with Crippen LogP contribution in [0.3, 0.4) is 0 Å². The summed E-state index contributed by atoms with van der Waals surface area (Å²) in [5.74, 6) is -4.13. The number of alkyl halides is 3. The maximum atomic E-state index is 14.2. The van der Waals surface area contributed by atoms with Gasteiger partial charge in [0.1, 0.15) is 6.04 Å². The Labute approximate surface area is 184 Å². The fourth-order valence-electron chi connectivity index (χ4n) is 3.40. The number of carbonyl (C=O) groups is 1. The number of aromatic nitrogens is 1. The zero-order valence-electron chi connectivity index (χ0n) is 16.8. The number of nitrogens with two attached hydrogens (primary N) is 1. The first kappa shape index (κ1) is 24.6. The zero-order chi connectivity index (χ0) is 24.6. The second-order valence-electron chi connectivity index (χ2n) is 6.92. The summed E-state index contributed by atoms with van der Waals surface area (Å²) in [6.45, 7) is -0.502. The number of carbonyl (C=O) groups excluding carboxylic acids is 1. The molecule has 1 saturated heterocycles. The molecule has 0 radical (unpaired) electrons. The Morgan fingerprint density at radius 3 is 2.58 bits per heavy atom. The average molecular weight is 496 g/mol. The highest BCUT2D eigenvalue weighted by Gasteiger charge is 2.44. The molecule has 1 aliphatic rings. The molecule has 3 N–H and O–H groups in total. The van der Waals surface area contributed by atoms with Crippen molar-refractivity contribution >= 4 is 27.3 Å². The lowest BCUT2D eigenvalue weighted by Gasteiger charge is -2.27. The van der Waals surface area contributed by atoms with E-state index in [1.807, 2.05) is 0 Å². The van der Waals surface area contributed by atoms with Crippen molar-refractivity contribution in [3.05, 3.63) is 42.1 Å². The summed E-state index contributed by atoms with van der Waals surface area (Å²) in [6, 6.07) is 2.63. The summed E-state index contributed by atoms with van der Waals surface area (Å²) in [6.07, 6.45) is -5.94. The molecule has 33 heavy (non-hydrogen) atoms. The third-order valence-corrected chi connectivity index (χ3v) is 5.51. The summed E-state index contributed by atoms with van der Waals surface area (Å²) >= 11 is 0. The van der Waals surface area contributed by atoms with Gasteiger partial charge in [-0.15, -0.1) is 13.2 Å². The SMILES string of the molecule is COc1c(N2C[C@H](OC(F)(F)F)CC2C(=O)Nc2ccnc(S(N)(=O)=O)c2)ccc(F)c1F. The van der Waals surface area contributed by atoms with Gasteiger partial charge in [-0.05, 0) is 18.2 Å². The van der Waals surface area contributed by atoms with Crippen molar-refractivity contribution in [2.75, 3.05) is 23.9 Å². The van der Waals surface area contributed by atoms with E-state index in [0.717, 1.165) is 36.4 Å². The molecule has 2 heterocycles. The topological polar surface area (TPSA) is 124 Å². The Hall–Kier alpha value is -3.04. The van der Waals surface area contributed by atoms with Crippen molar-refractivity contribution < 1.29 is 44.6 Å². The molecule has 9 nitrogen and oxygen atoms in total. The summed E-state index contributed by atoms with van der Waals surface area (Å²) in [4.78, 5) is 17.6. The lowest BCUT2D eigenvalue weighted by atomic mass is 10.1. The smallest absolute Gasteiger partial charge is 0.491 e. The number of sulfonamides is 1. The van der Waals surface area contributed by atoms with Gasteiger partial charge in [0.25, 0.3) is 10.0 Å². The number of methoxy groups -OCH3 is 1. The quantitative estimate of drug-likeness (QED) is 0.588. The fraction of sp³-hybridized carbons (Fsp3) is 0.333. The number of benzene rings is 1. The molecule has 1 unspecified atom stereocenters. The van der Waals surface area contributed by atoms with Gasteiger partial charge in [0.05, 0.1) is 18.9 Å². The first-order valence-electron chi connectivity index (χ1n) is 9.13. The highest BCUT2D eigenvalue weighted by molar-refractivity contribution is 7.89. The molecule has 0 spiro atoms. The van der Waals surface area contributed by atoms with Gasteiger partial charge in [0, 0.05) is 30.9 Å². The molecule has 1 aromatic carbocycles. The van der Waals surface area contributed by atoms with Gasteiger partial charge in [0.15, 0.2) is 16.6 Å². The number of primary sulfonamides is 1. The zero-order valence-corrected chi connectivity index (χ0v) is 17.6. The van der Waals surface area contributed by atoms with Crippen LogP contribution in [-0.2, 0) is 19.6 Å². The molecular formula is C18H17F5N4O5S. The first-order valence-corrected chi connectivity index (χ1v) is 10.7. The highest BCUT2D eigenvalue weighted by atomic mass is 32.2. The second kappa shape index (κ2) is 9.07. The minimum Gasteiger partial charge on any atom is -0.491 e. The normalized spacial score (nSPS) is 18.9. The highest BCUT2D eigenvalue weighted by Crippen LogP contribution is 2.38. The van der Waals surface area contributed by atoms with Crippen molar-refractivity contribution in [1.82, 2.24) is 4.98 Å². The fourth-order valence-corrected chi connectivity index (χ4v) is 3.90. The Kier molecular flexibility index (Phi) is 6.76. The number of hydrogen-bond donors (Lipinski definition) is 2. The van der Waals surface area contributed by atoms with E-state index in [2.05, 4.69) is 15.0 Å². The summed E-state index contributed by atoms with van der Waals surface area (Å²) in [5, 5.41) is 6.80. The van der Waals surface area contributed by atoms with Crippen LogP contribution in [0, 0.1) is 11.6 Å². The first-order chi connectivity index (χ1) is 15.3. The van der Waals surface area contributed by atoms with Gasteiger partial charge >= 0.3 is 6.36 Å². The van der Waals surface area contributed by atoms with E-state index >= 15 is 0 Å². The van der Waals surface area contributed by atoms with E-state index in [1.165, 1.54) is 6.07 Å². The van der Waals surface area contributed by atoms with Gasteiger partial charge in [-0.25, -0.2) is 22.9 Å². The van der Waals surface area contributed by atoms with Gasteiger partial charge in [-0.2, -0.15) is 4.39 Å². The van der Waals surface area contributed by atoms with Crippen LogP contribution >= 0.6 is 0 Å². The Balaban J connectivity index is 1.95. The van der Waals surface area contributed by atoms with Gasteiger partial charge in [0.2, 0.25) is 11.7 Å². The van der Waals surface area contributed by atoms with Gasteiger partial charge in [-0.1, -0.05) is 0 Å². The summed E-state index contributed by atoms with van der Waals surface area (Å²) < 4.78 is 98.0. The van der Waals surface area contributed by atoms with E-state index in [4.69, 9.17) is 9.88 Å². The number of nitrogens with zero attached hydrogens (tertiary/aromatic N) is 2. The Bertz CT molecular complexity index is 1160. The largest absolute Gasteiger partial charge is 0.522 e. The van der Waals surface area contributed by atoms with Crippen LogP contribution in [0.2, 0.25) is 0 Å². The molecule has 1 amide bonds. The van der Waals surface area contributed by atoms with Crippen LogP contribution in [0.5, 0.6) is 5.75 Å². The third kappa shape index (κ3) is 5.66. The monoisotopic (exact) mass is 496 g/mol. The number of hydrogen-bond acceptors (Lipinski definition) is 7. The lowest BCUT2D eigenvalue weighted by Crippen LogP contribution is -2.40. The van der Waals surface area contributed by atoms with E-state index < -0.39 is 69.8 Å². The predicted molar refractivity (Wildman–Crippen MR) is 104 cm³/mol. The molecule has 1 fully saturated rings. The van der Waals surface area contributed by atoms with Gasteiger partial charge in [-0.3, -0.25) is 9.53 Å². The minimum absolute atomic E-state index is 0.0589. The number of amides is 1. The van der Waals surface area contributed by atoms with Crippen LogP contribution in [0.15, 0.2) is 35.5 Å². The molecular weight excluding hydrogens is 479 g/mol. The molecule has 0 saturated carbocycles. The molecule has 180 valence electrons. The maximum absolute atomic E-state index is 14.2. The standard InChI is InChI=1S/C18H17F5N4O5S/c1-31-16-12(3-2-11(19)15(16)20)27-8-10(32-18(21,22)23)7-13(27)17(28)26-9-4-5-25-14(6-9)33(24,29)30/h2-6,10,13H,7-8H2,1H3,(H2,24,29,30)(H,25,26,28)/t10-,13?/m1/s1. The van der Waals surface area contributed by atoms with Crippen molar-refractivity contribution in [2.24, 2.45) is 5.14 Å². The van der Waals surface area contributed by atoms with Crippen LogP contribution in [0.1, 0.15) is 6.42 Å². The number of pyridine rings is 1. The van der Waals surface area contributed by atoms with Crippen molar-refractivity contribution in [3.63, 3.8) is 0 Å². The van der Waals surface area contributed by atoms with E-state index in [0.29, 0.717) is 0 Å². The molecule has 2 aromatic rings. The van der Waals surface area contributed by atoms with Crippen LogP contribution in [0.4, 0.5) is 33.3 Å². The molecule has 2 atom stereocenters. The summed E-state index contributed by atoms with van der Waals surface area (Å²) in [7, 11) is -3.16.